The molecule has 0 saturated carbocycles. The minimum atomic E-state index is -0.763. The summed E-state index contributed by atoms with van der Waals surface area (Å²) in [6.45, 7) is 1.34. The van der Waals surface area contributed by atoms with Crippen molar-refractivity contribution < 1.29 is 19.7 Å². The van der Waals surface area contributed by atoms with Crippen molar-refractivity contribution in [2.24, 2.45) is 0 Å². The molecule has 2 N–H and O–H groups in total. The van der Waals surface area contributed by atoms with Gasteiger partial charge < -0.3 is 24.7 Å². The zero-order valence-corrected chi connectivity index (χ0v) is 11.5. The summed E-state index contributed by atoms with van der Waals surface area (Å²) in [6, 6.07) is 7.53. The number of likely N-dealkylation sites (N-methyl/N-ethyl adjacent to an activating group) is 1. The van der Waals surface area contributed by atoms with E-state index in [9.17, 15) is 9.90 Å². The van der Waals surface area contributed by atoms with Gasteiger partial charge in [-0.15, -0.1) is 0 Å². The van der Waals surface area contributed by atoms with E-state index in [2.05, 4.69) is 0 Å². The molecule has 0 bridgehead atoms. The van der Waals surface area contributed by atoms with E-state index in [1.807, 2.05) is 36.2 Å². The monoisotopic (exact) mass is 280 g/mol. The van der Waals surface area contributed by atoms with Gasteiger partial charge >= 0.3 is 0 Å². The summed E-state index contributed by atoms with van der Waals surface area (Å²) in [5, 5.41) is 18.3. The maximum Gasteiger partial charge on any atom is 0.253 e. The molecule has 0 spiro atoms. The lowest BCUT2D eigenvalue weighted by Gasteiger charge is -2.28. The van der Waals surface area contributed by atoms with E-state index in [-0.39, 0.29) is 19.1 Å². The molecular weight excluding hydrogens is 260 g/mol. The van der Waals surface area contributed by atoms with Crippen LogP contribution < -0.4 is 9.80 Å². The van der Waals surface area contributed by atoms with Crippen LogP contribution in [0.1, 0.15) is 0 Å². The Morgan fingerprint density at radius 3 is 2.70 bits per heavy atom. The van der Waals surface area contributed by atoms with Crippen molar-refractivity contribution in [3.05, 3.63) is 24.3 Å². The molecule has 20 heavy (non-hydrogen) atoms. The van der Waals surface area contributed by atoms with E-state index in [0.717, 1.165) is 11.4 Å². The van der Waals surface area contributed by atoms with Gasteiger partial charge in [-0.05, 0) is 24.3 Å². The molecule has 0 aliphatic carbocycles. The van der Waals surface area contributed by atoms with Crippen molar-refractivity contribution in [3.8, 4) is 0 Å². The van der Waals surface area contributed by atoms with Crippen molar-refractivity contribution in [2.45, 2.75) is 6.10 Å². The number of aliphatic hydroxyl groups excluding tert-OH is 2. The molecule has 1 heterocycles. The Bertz CT molecular complexity index is 449. The molecule has 1 amide bonds. The number of carbonyl (C=O) groups excluding carboxylic acids is 1. The first-order valence-electron chi connectivity index (χ1n) is 6.60. The first kappa shape index (κ1) is 14.8. The van der Waals surface area contributed by atoms with E-state index in [1.54, 1.807) is 4.90 Å². The molecule has 1 saturated heterocycles. The van der Waals surface area contributed by atoms with Crippen molar-refractivity contribution in [1.82, 2.24) is 0 Å². The lowest BCUT2D eigenvalue weighted by Crippen LogP contribution is -2.41. The van der Waals surface area contributed by atoms with Gasteiger partial charge in [-0.25, -0.2) is 0 Å². The fraction of sp³-hybridized carbons (Fsp3) is 0.500. The SMILES string of the molecule is CN(C[C@@H](O)CO)c1ccc(N2CCOCC2=O)cc1. The second kappa shape index (κ2) is 6.69. The third-order valence-electron chi connectivity index (χ3n) is 3.28. The van der Waals surface area contributed by atoms with Gasteiger partial charge in [0, 0.05) is 31.5 Å². The zero-order chi connectivity index (χ0) is 14.5. The van der Waals surface area contributed by atoms with Crippen LogP contribution in [-0.2, 0) is 9.53 Å². The van der Waals surface area contributed by atoms with Crippen LogP contribution in [0.25, 0.3) is 0 Å². The van der Waals surface area contributed by atoms with Crippen molar-refractivity contribution in [3.63, 3.8) is 0 Å². The molecule has 6 heteroatoms. The van der Waals surface area contributed by atoms with Gasteiger partial charge in [-0.2, -0.15) is 0 Å². The number of amides is 1. The summed E-state index contributed by atoms with van der Waals surface area (Å²) in [6.07, 6.45) is -0.763. The van der Waals surface area contributed by atoms with Crippen LogP contribution in [0.5, 0.6) is 0 Å². The Morgan fingerprint density at radius 1 is 1.40 bits per heavy atom. The lowest BCUT2D eigenvalue weighted by molar-refractivity contribution is -0.125. The number of hydrogen-bond donors (Lipinski definition) is 2. The predicted octanol–water partition coefficient (Wildman–Crippen LogP) is -0.161. The quantitative estimate of drug-likeness (QED) is 0.784. The summed E-state index contributed by atoms with van der Waals surface area (Å²) >= 11 is 0. The van der Waals surface area contributed by atoms with Crippen molar-refractivity contribution in [1.29, 1.82) is 0 Å². The highest BCUT2D eigenvalue weighted by Gasteiger charge is 2.20. The molecule has 1 aromatic carbocycles. The van der Waals surface area contributed by atoms with E-state index in [1.165, 1.54) is 0 Å². The zero-order valence-electron chi connectivity index (χ0n) is 11.5. The second-order valence-corrected chi connectivity index (χ2v) is 4.83. The van der Waals surface area contributed by atoms with Crippen LogP contribution >= 0.6 is 0 Å². The van der Waals surface area contributed by atoms with Crippen LogP contribution in [0, 0.1) is 0 Å². The van der Waals surface area contributed by atoms with Gasteiger partial charge in [0.25, 0.3) is 5.91 Å². The average Bonchev–Trinajstić information content (AvgIpc) is 2.47. The smallest absolute Gasteiger partial charge is 0.253 e. The van der Waals surface area contributed by atoms with Crippen LogP contribution in [-0.4, -0.2) is 62.2 Å². The third-order valence-corrected chi connectivity index (χ3v) is 3.28. The molecule has 2 rings (SSSR count). The standard InChI is InChI=1S/C14H20N2O4/c1-15(8-13(18)9-17)11-2-4-12(5-3-11)16-6-7-20-10-14(16)19/h2-5,13,17-18H,6-10H2,1H3/t13-/m1/s1. The predicted molar refractivity (Wildman–Crippen MR) is 76.0 cm³/mol. The molecule has 0 radical (unpaired) electrons. The molecule has 1 fully saturated rings. The molecule has 1 aliphatic heterocycles. The summed E-state index contributed by atoms with van der Waals surface area (Å²) < 4.78 is 5.10. The number of anilines is 2. The number of carbonyl (C=O) groups is 1. The Balaban J connectivity index is 2.03. The number of aliphatic hydroxyl groups is 2. The Kier molecular flexibility index (Phi) is 4.94. The van der Waals surface area contributed by atoms with Crippen molar-refractivity contribution in [2.75, 3.05) is 49.8 Å². The molecule has 1 atom stereocenters. The van der Waals surface area contributed by atoms with E-state index in [0.29, 0.717) is 19.7 Å². The van der Waals surface area contributed by atoms with E-state index >= 15 is 0 Å². The van der Waals surface area contributed by atoms with Crippen LogP contribution in [0.3, 0.4) is 0 Å². The molecule has 1 aromatic rings. The number of morpholine rings is 1. The summed E-state index contributed by atoms with van der Waals surface area (Å²) in [4.78, 5) is 15.3. The number of benzene rings is 1. The van der Waals surface area contributed by atoms with Crippen LogP contribution in [0.2, 0.25) is 0 Å². The van der Waals surface area contributed by atoms with Crippen LogP contribution in [0.4, 0.5) is 11.4 Å². The Labute approximate surface area is 118 Å². The Hall–Kier alpha value is -1.63. The third kappa shape index (κ3) is 3.47. The van der Waals surface area contributed by atoms with Gasteiger partial charge in [-0.1, -0.05) is 0 Å². The number of hydrogen-bond acceptors (Lipinski definition) is 5. The normalized spacial score (nSPS) is 17.1. The molecule has 0 unspecified atom stereocenters. The second-order valence-electron chi connectivity index (χ2n) is 4.83. The molecule has 6 nitrogen and oxygen atoms in total. The average molecular weight is 280 g/mol. The largest absolute Gasteiger partial charge is 0.394 e. The van der Waals surface area contributed by atoms with E-state index < -0.39 is 6.10 Å². The summed E-state index contributed by atoms with van der Waals surface area (Å²) in [7, 11) is 1.84. The summed E-state index contributed by atoms with van der Waals surface area (Å²) in [5.41, 5.74) is 1.76. The lowest BCUT2D eigenvalue weighted by atomic mass is 10.2. The van der Waals surface area contributed by atoms with Gasteiger partial charge in [0.05, 0.1) is 19.3 Å². The highest BCUT2D eigenvalue weighted by Crippen LogP contribution is 2.21. The topological polar surface area (TPSA) is 73.2 Å². The van der Waals surface area contributed by atoms with Crippen molar-refractivity contribution >= 4 is 17.3 Å². The number of ether oxygens (including phenoxy) is 1. The molecule has 110 valence electrons. The maximum absolute atomic E-state index is 11.7. The summed E-state index contributed by atoms with van der Waals surface area (Å²) in [5.74, 6) is -0.0342. The highest BCUT2D eigenvalue weighted by atomic mass is 16.5. The highest BCUT2D eigenvalue weighted by molar-refractivity contribution is 5.95. The van der Waals surface area contributed by atoms with Gasteiger partial charge in [0.1, 0.15) is 6.61 Å². The van der Waals surface area contributed by atoms with E-state index in [4.69, 9.17) is 9.84 Å². The Morgan fingerprint density at radius 2 is 2.10 bits per heavy atom. The van der Waals surface area contributed by atoms with Gasteiger partial charge in [0.15, 0.2) is 0 Å². The minimum Gasteiger partial charge on any atom is -0.394 e. The minimum absolute atomic E-state index is 0.0342. The van der Waals surface area contributed by atoms with Gasteiger partial charge in [0.2, 0.25) is 0 Å². The first-order valence-corrected chi connectivity index (χ1v) is 6.60. The fourth-order valence-electron chi connectivity index (χ4n) is 2.16. The number of nitrogens with zero attached hydrogens (tertiary/aromatic N) is 2. The maximum atomic E-state index is 11.7. The molecule has 1 aliphatic rings. The number of rotatable bonds is 5. The molecular formula is C14H20N2O4. The van der Waals surface area contributed by atoms with Gasteiger partial charge in [-0.3, -0.25) is 4.79 Å². The first-order chi connectivity index (χ1) is 9.61. The fourth-order valence-corrected chi connectivity index (χ4v) is 2.16. The molecule has 0 aromatic heterocycles. The van der Waals surface area contributed by atoms with Crippen LogP contribution in [0.15, 0.2) is 24.3 Å².